The fraction of sp³-hybridized carbons (Fsp3) is 0.714. The third-order valence-corrected chi connectivity index (χ3v) is 1.25. The Morgan fingerprint density at radius 3 is 2.11 bits per heavy atom. The topological polar surface area (TPSA) is 29.4 Å². The van der Waals surface area contributed by atoms with Crippen LogP contribution in [0.15, 0.2) is 4.99 Å². The van der Waals surface area contributed by atoms with Gasteiger partial charge in [0, 0.05) is 13.3 Å². The quantitative estimate of drug-likeness (QED) is 0.413. The Bertz CT molecular complexity index is 107. The fourth-order valence-corrected chi connectivity index (χ4v) is 0.537. The second kappa shape index (κ2) is 4.24. The minimum absolute atomic E-state index is 0.00463. The molecular weight excluding hydrogens is 114 g/mol. The summed E-state index contributed by atoms with van der Waals surface area (Å²) in [4.78, 5) is 14.0. The van der Waals surface area contributed by atoms with Crippen molar-refractivity contribution in [2.45, 2.75) is 13.8 Å². The second-order valence-electron chi connectivity index (χ2n) is 2.36. The molecule has 0 spiro atoms. The molecule has 0 aromatic carbocycles. The summed E-state index contributed by atoms with van der Waals surface area (Å²) in [6, 6.07) is 0. The predicted octanol–water partition coefficient (Wildman–Crippen LogP) is 1.16. The maximum atomic E-state index is 10.2. The number of hydrogen-bond donors (Lipinski definition) is 0. The smallest absolute Gasteiger partial charge is 0.128 e. The summed E-state index contributed by atoms with van der Waals surface area (Å²) >= 11 is 0. The van der Waals surface area contributed by atoms with Crippen LogP contribution in [0.2, 0.25) is 0 Å². The zero-order chi connectivity index (χ0) is 7.28. The third-order valence-electron chi connectivity index (χ3n) is 1.25. The van der Waals surface area contributed by atoms with Gasteiger partial charge in [-0.25, -0.2) is 0 Å². The lowest BCUT2D eigenvalue weighted by molar-refractivity contribution is -0.110. The summed E-state index contributed by atoms with van der Waals surface area (Å²) in [5, 5.41) is 0. The average molecular weight is 127 g/mol. The van der Waals surface area contributed by atoms with Crippen molar-refractivity contribution < 1.29 is 4.79 Å². The lowest BCUT2D eigenvalue weighted by atomic mass is 9.99. The fourth-order valence-electron chi connectivity index (χ4n) is 0.537. The number of aliphatic imine (C=N–C) groups is 1. The Labute approximate surface area is 56.0 Å². The highest BCUT2D eigenvalue weighted by molar-refractivity contribution is 5.80. The van der Waals surface area contributed by atoms with Crippen molar-refractivity contribution in [3.05, 3.63) is 0 Å². The summed E-state index contributed by atoms with van der Waals surface area (Å²) < 4.78 is 0. The predicted molar refractivity (Wildman–Crippen MR) is 38.8 cm³/mol. The first kappa shape index (κ1) is 8.34. The van der Waals surface area contributed by atoms with Gasteiger partial charge in [-0.05, 0) is 5.92 Å². The van der Waals surface area contributed by atoms with E-state index in [2.05, 4.69) is 4.99 Å². The molecule has 0 aromatic rings. The van der Waals surface area contributed by atoms with Crippen LogP contribution in [-0.4, -0.2) is 19.5 Å². The lowest BCUT2D eigenvalue weighted by Crippen LogP contribution is -2.10. The van der Waals surface area contributed by atoms with Gasteiger partial charge in [0.05, 0.1) is 5.92 Å². The Morgan fingerprint density at radius 1 is 1.44 bits per heavy atom. The van der Waals surface area contributed by atoms with Crippen LogP contribution in [0, 0.1) is 11.8 Å². The van der Waals surface area contributed by atoms with Gasteiger partial charge >= 0.3 is 0 Å². The van der Waals surface area contributed by atoms with Gasteiger partial charge in [0.2, 0.25) is 0 Å². The molecule has 0 aliphatic rings. The first-order valence-corrected chi connectivity index (χ1v) is 3.10. The molecule has 0 fully saturated rings. The lowest BCUT2D eigenvalue weighted by Gasteiger charge is -2.05. The molecule has 0 amide bonds. The largest absolute Gasteiger partial charge is 0.303 e. The van der Waals surface area contributed by atoms with Crippen molar-refractivity contribution in [3.8, 4) is 0 Å². The highest BCUT2D eigenvalue weighted by Crippen LogP contribution is 2.03. The van der Waals surface area contributed by atoms with Crippen LogP contribution in [0.3, 0.4) is 0 Å². The van der Waals surface area contributed by atoms with Gasteiger partial charge in [0.1, 0.15) is 6.29 Å². The summed E-state index contributed by atoms with van der Waals surface area (Å²) in [5.74, 6) is 0.362. The molecule has 0 aliphatic heterocycles. The Morgan fingerprint density at radius 2 is 2.00 bits per heavy atom. The van der Waals surface area contributed by atoms with E-state index in [9.17, 15) is 4.79 Å². The van der Waals surface area contributed by atoms with E-state index in [1.54, 1.807) is 13.3 Å². The molecular formula is C7H13NO. The van der Waals surface area contributed by atoms with E-state index < -0.39 is 0 Å². The maximum Gasteiger partial charge on any atom is 0.128 e. The number of nitrogens with zero attached hydrogens (tertiary/aromatic N) is 1. The zero-order valence-corrected chi connectivity index (χ0v) is 6.16. The van der Waals surface area contributed by atoms with E-state index in [-0.39, 0.29) is 5.92 Å². The van der Waals surface area contributed by atoms with Crippen molar-refractivity contribution in [3.63, 3.8) is 0 Å². The molecule has 1 unspecified atom stereocenters. The molecule has 0 aromatic heterocycles. The Kier molecular flexibility index (Phi) is 3.93. The average Bonchev–Trinajstić information content (AvgIpc) is 1.82. The summed E-state index contributed by atoms with van der Waals surface area (Å²) in [5.41, 5.74) is 0. The van der Waals surface area contributed by atoms with Crippen LogP contribution in [0.5, 0.6) is 0 Å². The molecule has 0 heterocycles. The summed E-state index contributed by atoms with van der Waals surface area (Å²) in [6.45, 7) is 4.00. The van der Waals surface area contributed by atoms with Gasteiger partial charge in [0.15, 0.2) is 0 Å². The van der Waals surface area contributed by atoms with E-state index in [1.165, 1.54) is 0 Å². The number of rotatable bonds is 3. The van der Waals surface area contributed by atoms with Gasteiger partial charge in [-0.15, -0.1) is 0 Å². The van der Waals surface area contributed by atoms with Crippen LogP contribution in [-0.2, 0) is 4.79 Å². The highest BCUT2D eigenvalue weighted by atomic mass is 16.1. The van der Waals surface area contributed by atoms with Gasteiger partial charge in [-0.1, -0.05) is 13.8 Å². The molecule has 0 aliphatic carbocycles. The van der Waals surface area contributed by atoms with Crippen molar-refractivity contribution in [1.82, 2.24) is 0 Å². The molecule has 52 valence electrons. The maximum absolute atomic E-state index is 10.2. The van der Waals surface area contributed by atoms with Crippen LogP contribution in [0.1, 0.15) is 13.8 Å². The van der Waals surface area contributed by atoms with E-state index in [1.807, 2.05) is 13.8 Å². The molecule has 0 bridgehead atoms. The van der Waals surface area contributed by atoms with E-state index >= 15 is 0 Å². The SMILES string of the molecule is CN=CC(C=O)C(C)C. The molecule has 1 atom stereocenters. The van der Waals surface area contributed by atoms with Crippen LogP contribution < -0.4 is 0 Å². The molecule has 0 radical (unpaired) electrons. The van der Waals surface area contributed by atoms with E-state index in [0.29, 0.717) is 5.92 Å². The monoisotopic (exact) mass is 127 g/mol. The zero-order valence-electron chi connectivity index (χ0n) is 6.16. The number of carbonyl (C=O) groups excluding carboxylic acids is 1. The molecule has 0 saturated carbocycles. The first-order valence-electron chi connectivity index (χ1n) is 3.10. The second-order valence-corrected chi connectivity index (χ2v) is 2.36. The molecule has 0 N–H and O–H groups in total. The van der Waals surface area contributed by atoms with Gasteiger partial charge in [0.25, 0.3) is 0 Å². The van der Waals surface area contributed by atoms with E-state index in [4.69, 9.17) is 0 Å². The van der Waals surface area contributed by atoms with Crippen molar-refractivity contribution in [2.24, 2.45) is 16.8 Å². The minimum Gasteiger partial charge on any atom is -0.303 e. The number of hydrogen-bond acceptors (Lipinski definition) is 2. The van der Waals surface area contributed by atoms with Gasteiger partial charge in [-0.2, -0.15) is 0 Å². The van der Waals surface area contributed by atoms with E-state index in [0.717, 1.165) is 6.29 Å². The Balaban J connectivity index is 3.82. The van der Waals surface area contributed by atoms with Crippen molar-refractivity contribution >= 4 is 12.5 Å². The Hall–Kier alpha value is -0.660. The van der Waals surface area contributed by atoms with Gasteiger partial charge in [-0.3, -0.25) is 0 Å². The van der Waals surface area contributed by atoms with Crippen molar-refractivity contribution in [1.29, 1.82) is 0 Å². The number of carbonyl (C=O) groups is 1. The third kappa shape index (κ3) is 3.01. The van der Waals surface area contributed by atoms with Crippen molar-refractivity contribution in [2.75, 3.05) is 7.05 Å². The first-order chi connectivity index (χ1) is 4.22. The normalized spacial score (nSPS) is 14.7. The van der Waals surface area contributed by atoms with Crippen LogP contribution in [0.4, 0.5) is 0 Å². The molecule has 2 nitrogen and oxygen atoms in total. The van der Waals surface area contributed by atoms with Gasteiger partial charge < -0.3 is 9.79 Å². The molecule has 0 saturated heterocycles. The highest BCUT2D eigenvalue weighted by Gasteiger charge is 2.06. The van der Waals surface area contributed by atoms with Crippen LogP contribution in [0.25, 0.3) is 0 Å². The summed E-state index contributed by atoms with van der Waals surface area (Å²) in [6.07, 6.45) is 2.61. The molecule has 0 rings (SSSR count). The van der Waals surface area contributed by atoms with Crippen LogP contribution >= 0.6 is 0 Å². The molecule has 2 heteroatoms. The standard InChI is InChI=1S/C7H13NO/c1-6(2)7(5-9)4-8-3/h4-7H,1-3H3. The number of aldehydes is 1. The molecule has 9 heavy (non-hydrogen) atoms. The summed E-state index contributed by atoms with van der Waals surface area (Å²) in [7, 11) is 1.68. The minimum atomic E-state index is -0.00463.